The fraction of sp³-hybridized carbons (Fsp3) is 0.222. The van der Waals surface area contributed by atoms with Gasteiger partial charge in [0.05, 0.1) is 37.3 Å². The number of benzene rings is 2. The van der Waals surface area contributed by atoms with Crippen LogP contribution in [-0.4, -0.2) is 38.0 Å². The Kier molecular flexibility index (Phi) is 5.85. The number of thioether (sulfide) groups is 1. The Morgan fingerprint density at radius 2 is 1.77 bits per heavy atom. The first kappa shape index (κ1) is 18.3. The fourth-order valence-corrected chi connectivity index (χ4v) is 3.88. The molecule has 0 aliphatic rings. The van der Waals surface area contributed by atoms with Gasteiger partial charge in [0.1, 0.15) is 5.75 Å². The van der Waals surface area contributed by atoms with E-state index in [1.165, 1.54) is 23.1 Å². The van der Waals surface area contributed by atoms with Gasteiger partial charge in [-0.3, -0.25) is 4.79 Å². The number of fused-ring (bicyclic) bond motifs is 1. The van der Waals surface area contributed by atoms with Crippen molar-refractivity contribution < 1.29 is 19.0 Å². The normalized spacial score (nSPS) is 10.6. The van der Waals surface area contributed by atoms with Crippen LogP contribution in [0.25, 0.3) is 10.2 Å². The van der Waals surface area contributed by atoms with Gasteiger partial charge < -0.3 is 19.5 Å². The summed E-state index contributed by atoms with van der Waals surface area (Å²) in [7, 11) is 4.79. The SMILES string of the molecule is COc1ccc(SCC(=O)Nc2nc3cc(OC)c(OC)cc3s2)cc1. The topological polar surface area (TPSA) is 69.7 Å². The summed E-state index contributed by atoms with van der Waals surface area (Å²) >= 11 is 2.85. The number of rotatable bonds is 7. The number of amides is 1. The lowest BCUT2D eigenvalue weighted by atomic mass is 10.3. The zero-order valence-electron chi connectivity index (χ0n) is 14.6. The number of carbonyl (C=O) groups excluding carboxylic acids is 1. The molecule has 0 aliphatic carbocycles. The molecule has 0 unspecified atom stereocenters. The van der Waals surface area contributed by atoms with E-state index in [0.717, 1.165) is 20.9 Å². The number of nitrogens with one attached hydrogen (secondary N) is 1. The standard InChI is InChI=1S/C18H18N2O4S2/c1-22-11-4-6-12(7-5-11)25-10-17(21)20-18-19-13-8-14(23-2)15(24-3)9-16(13)26-18/h4-9H,10H2,1-3H3,(H,19,20,21). The van der Waals surface area contributed by atoms with Gasteiger partial charge in [-0.1, -0.05) is 11.3 Å². The molecule has 0 atom stereocenters. The highest BCUT2D eigenvalue weighted by Gasteiger charge is 2.12. The van der Waals surface area contributed by atoms with Crippen LogP contribution in [0.1, 0.15) is 0 Å². The Morgan fingerprint density at radius 1 is 1.08 bits per heavy atom. The summed E-state index contributed by atoms with van der Waals surface area (Å²) in [6.07, 6.45) is 0. The van der Waals surface area contributed by atoms with Gasteiger partial charge in [-0.15, -0.1) is 11.8 Å². The summed E-state index contributed by atoms with van der Waals surface area (Å²) in [6.45, 7) is 0. The van der Waals surface area contributed by atoms with E-state index >= 15 is 0 Å². The van der Waals surface area contributed by atoms with Crippen LogP contribution in [0.3, 0.4) is 0 Å². The van der Waals surface area contributed by atoms with Crippen molar-refractivity contribution in [2.45, 2.75) is 4.90 Å². The highest BCUT2D eigenvalue weighted by Crippen LogP contribution is 2.36. The van der Waals surface area contributed by atoms with Crippen molar-refractivity contribution >= 4 is 44.4 Å². The fourth-order valence-electron chi connectivity index (χ4n) is 2.28. The number of carbonyl (C=O) groups is 1. The minimum Gasteiger partial charge on any atom is -0.497 e. The number of hydrogen-bond acceptors (Lipinski definition) is 7. The zero-order valence-corrected chi connectivity index (χ0v) is 16.2. The number of aromatic nitrogens is 1. The van der Waals surface area contributed by atoms with E-state index < -0.39 is 0 Å². The molecule has 26 heavy (non-hydrogen) atoms. The summed E-state index contributed by atoms with van der Waals surface area (Å²) in [5.41, 5.74) is 0.755. The predicted octanol–water partition coefficient (Wildman–Crippen LogP) is 4.05. The van der Waals surface area contributed by atoms with Gasteiger partial charge in [0.25, 0.3) is 0 Å². The number of thiazole rings is 1. The van der Waals surface area contributed by atoms with Crippen LogP contribution in [0.4, 0.5) is 5.13 Å². The first-order valence-electron chi connectivity index (χ1n) is 7.72. The van der Waals surface area contributed by atoms with Crippen molar-refractivity contribution in [2.24, 2.45) is 0 Å². The average molecular weight is 390 g/mol. The molecule has 1 N–H and O–H groups in total. The summed E-state index contributed by atoms with van der Waals surface area (Å²) in [5, 5.41) is 3.39. The van der Waals surface area contributed by atoms with Gasteiger partial charge in [0, 0.05) is 17.0 Å². The summed E-state index contributed by atoms with van der Waals surface area (Å²) < 4.78 is 16.6. The van der Waals surface area contributed by atoms with Crippen LogP contribution in [0.15, 0.2) is 41.3 Å². The third kappa shape index (κ3) is 4.20. The van der Waals surface area contributed by atoms with Crippen molar-refractivity contribution in [3.05, 3.63) is 36.4 Å². The van der Waals surface area contributed by atoms with E-state index in [1.54, 1.807) is 27.4 Å². The molecule has 3 rings (SSSR count). The van der Waals surface area contributed by atoms with Crippen molar-refractivity contribution in [3.8, 4) is 17.2 Å². The molecule has 0 radical (unpaired) electrons. The van der Waals surface area contributed by atoms with E-state index in [2.05, 4.69) is 10.3 Å². The van der Waals surface area contributed by atoms with Crippen LogP contribution in [0.5, 0.6) is 17.2 Å². The van der Waals surface area contributed by atoms with Crippen molar-refractivity contribution in [1.82, 2.24) is 4.98 Å². The highest BCUT2D eigenvalue weighted by molar-refractivity contribution is 8.00. The molecule has 136 valence electrons. The van der Waals surface area contributed by atoms with Crippen LogP contribution >= 0.6 is 23.1 Å². The van der Waals surface area contributed by atoms with E-state index in [1.807, 2.05) is 30.3 Å². The van der Waals surface area contributed by atoms with Crippen molar-refractivity contribution in [2.75, 3.05) is 32.4 Å². The van der Waals surface area contributed by atoms with Gasteiger partial charge in [0.15, 0.2) is 16.6 Å². The largest absolute Gasteiger partial charge is 0.497 e. The molecule has 0 aliphatic heterocycles. The maximum Gasteiger partial charge on any atom is 0.236 e. The average Bonchev–Trinajstić information content (AvgIpc) is 3.06. The second kappa shape index (κ2) is 8.29. The molecule has 1 aromatic heterocycles. The van der Waals surface area contributed by atoms with Crippen LogP contribution in [0.2, 0.25) is 0 Å². The molecule has 0 saturated heterocycles. The smallest absolute Gasteiger partial charge is 0.236 e. The molecule has 0 bridgehead atoms. The molecule has 2 aromatic carbocycles. The molecule has 6 nitrogen and oxygen atoms in total. The van der Waals surface area contributed by atoms with Gasteiger partial charge >= 0.3 is 0 Å². The monoisotopic (exact) mass is 390 g/mol. The third-order valence-electron chi connectivity index (χ3n) is 3.57. The van der Waals surface area contributed by atoms with E-state index in [4.69, 9.17) is 14.2 Å². The second-order valence-electron chi connectivity index (χ2n) is 5.21. The van der Waals surface area contributed by atoms with Crippen LogP contribution < -0.4 is 19.5 Å². The maximum absolute atomic E-state index is 12.2. The first-order valence-corrected chi connectivity index (χ1v) is 9.52. The highest BCUT2D eigenvalue weighted by atomic mass is 32.2. The minimum absolute atomic E-state index is 0.108. The lowest BCUT2D eigenvalue weighted by molar-refractivity contribution is -0.113. The van der Waals surface area contributed by atoms with Gasteiger partial charge in [-0.05, 0) is 24.3 Å². The zero-order chi connectivity index (χ0) is 18.5. The minimum atomic E-state index is -0.108. The maximum atomic E-state index is 12.2. The number of methoxy groups -OCH3 is 3. The summed E-state index contributed by atoms with van der Waals surface area (Å²) in [5.74, 6) is 2.23. The van der Waals surface area contributed by atoms with Crippen molar-refractivity contribution in [1.29, 1.82) is 0 Å². The number of nitrogens with zero attached hydrogens (tertiary/aromatic N) is 1. The molecule has 1 amide bonds. The second-order valence-corrected chi connectivity index (χ2v) is 7.29. The lowest BCUT2D eigenvalue weighted by Crippen LogP contribution is -2.13. The summed E-state index contributed by atoms with van der Waals surface area (Å²) in [6, 6.07) is 11.2. The molecule has 0 fully saturated rings. The van der Waals surface area contributed by atoms with Crippen molar-refractivity contribution in [3.63, 3.8) is 0 Å². The number of hydrogen-bond donors (Lipinski definition) is 1. The lowest BCUT2D eigenvalue weighted by Gasteiger charge is -2.05. The first-order chi connectivity index (χ1) is 12.6. The molecule has 3 aromatic rings. The predicted molar refractivity (Wildman–Crippen MR) is 105 cm³/mol. The van der Waals surface area contributed by atoms with Gasteiger partial charge in [0.2, 0.25) is 5.91 Å². The molecule has 0 spiro atoms. The number of ether oxygens (including phenoxy) is 3. The quantitative estimate of drug-likeness (QED) is 0.614. The third-order valence-corrected chi connectivity index (χ3v) is 5.52. The Balaban J connectivity index is 1.64. The van der Waals surface area contributed by atoms with E-state index in [9.17, 15) is 4.79 Å². The van der Waals surface area contributed by atoms with E-state index in [-0.39, 0.29) is 5.91 Å². The molecular formula is C18H18N2O4S2. The van der Waals surface area contributed by atoms with Gasteiger partial charge in [-0.25, -0.2) is 4.98 Å². The number of anilines is 1. The Morgan fingerprint density at radius 3 is 2.42 bits per heavy atom. The van der Waals surface area contributed by atoms with Gasteiger partial charge in [-0.2, -0.15) is 0 Å². The Bertz CT molecular complexity index is 868. The van der Waals surface area contributed by atoms with Crippen LogP contribution in [0, 0.1) is 0 Å². The molecule has 1 heterocycles. The Labute approximate surface area is 159 Å². The molecule has 0 saturated carbocycles. The van der Waals surface area contributed by atoms with Crippen LogP contribution in [-0.2, 0) is 4.79 Å². The van der Waals surface area contributed by atoms with E-state index in [0.29, 0.717) is 22.4 Å². The Hall–Kier alpha value is -2.45. The summed E-state index contributed by atoms with van der Waals surface area (Å²) in [4.78, 5) is 17.6. The molecule has 8 heteroatoms. The molecular weight excluding hydrogens is 372 g/mol.